The van der Waals surface area contributed by atoms with Crippen LogP contribution in [0.1, 0.15) is 96.7 Å². The van der Waals surface area contributed by atoms with Crippen LogP contribution in [-0.2, 0) is 42.0 Å². The van der Waals surface area contributed by atoms with Gasteiger partial charge in [-0.3, -0.25) is 52.6 Å². The maximum Gasteiger partial charge on any atom is 0.396 e. The molecule has 0 unspecified atom stereocenters. The normalized spacial score (nSPS) is 24.7. The van der Waals surface area contributed by atoms with Gasteiger partial charge in [0.05, 0.1) is 11.0 Å². The number of H-pyrrole nitrogens is 1. The van der Waals surface area contributed by atoms with E-state index in [1.165, 1.54) is 38.3 Å². The number of aromatic nitrogens is 3. The molecule has 1 aliphatic carbocycles. The standard InChI is InChI=1S/C42H49N8O11P/c1-47-34-17-24(6-10-31(34)50(42(47)58)33-12-13-35(51)46-39(33)55)16-22-2-4-23(5-3-22)18-36(52)48-15-14-27-8-11-32(37(43)53)49(27)40(56)30(21-48)45-38(54)29-20-26-19-25(7-9-28(26)44-29)41(57)62(59,60)61/h6-7,9-10,17,19-20,22-23,27,30,32-33,44H,2-5,8,11-16,18,21H2,1H3,(H2,43,53)(H,45,54)(H,46,51,55)(H2,59,60,61)/t22-,23+,27-,30+,32+,33-/m1/s1. The first-order valence-electron chi connectivity index (χ1n) is 20.9. The number of imidazole rings is 1. The van der Waals surface area contributed by atoms with E-state index in [1.807, 2.05) is 18.2 Å². The van der Waals surface area contributed by atoms with Gasteiger partial charge >= 0.3 is 13.3 Å². The highest BCUT2D eigenvalue weighted by Crippen LogP contribution is 2.40. The Hall–Kier alpha value is -5.91. The predicted octanol–water partition coefficient (Wildman–Crippen LogP) is 1.73. The number of carbonyl (C=O) groups is 7. The van der Waals surface area contributed by atoms with Crippen molar-refractivity contribution in [2.75, 3.05) is 13.1 Å². The minimum absolute atomic E-state index is 0.00398. The molecule has 0 spiro atoms. The van der Waals surface area contributed by atoms with Gasteiger partial charge in [-0.2, -0.15) is 0 Å². The summed E-state index contributed by atoms with van der Waals surface area (Å²) in [7, 11) is -3.38. The van der Waals surface area contributed by atoms with Gasteiger partial charge in [0.2, 0.25) is 29.5 Å². The third-order valence-corrected chi connectivity index (χ3v) is 14.0. The van der Waals surface area contributed by atoms with Crippen molar-refractivity contribution in [2.45, 2.75) is 94.8 Å². The highest BCUT2D eigenvalue weighted by molar-refractivity contribution is 7.70. The Morgan fingerprint density at radius 1 is 0.887 bits per heavy atom. The van der Waals surface area contributed by atoms with Gasteiger partial charge in [-0.25, -0.2) is 4.79 Å². The SMILES string of the molecule is Cn1c(=O)n([C@@H]2CCC(=O)NC2=O)c2ccc(C[C@H]3CC[C@@H](CC(=O)N4CC[C@H]5CC[C@@H](C(N)=O)N5C(=O)[C@@H](NC(=O)c5cc6cc(C(=O)P(=O)(O)O)ccc6[nH]5)C4)CC3)cc21. The second kappa shape index (κ2) is 16.8. The molecule has 62 heavy (non-hydrogen) atoms. The van der Waals surface area contributed by atoms with Gasteiger partial charge in [-0.05, 0) is 112 Å². The van der Waals surface area contributed by atoms with E-state index in [0.717, 1.165) is 37.7 Å². The average Bonchev–Trinajstić information content (AvgIpc) is 3.92. The Balaban J connectivity index is 0.924. The molecule has 19 nitrogen and oxygen atoms in total. The average molecular weight is 873 g/mol. The molecule has 6 amide bonds. The van der Waals surface area contributed by atoms with Gasteiger partial charge in [0.15, 0.2) is 0 Å². The molecule has 5 heterocycles. The molecule has 328 valence electrons. The molecule has 4 fully saturated rings. The summed E-state index contributed by atoms with van der Waals surface area (Å²) < 4.78 is 14.5. The number of fused-ring (bicyclic) bond motifs is 3. The number of primary amides is 1. The third-order valence-electron chi connectivity index (χ3n) is 13.2. The van der Waals surface area contributed by atoms with Gasteiger partial charge in [-0.15, -0.1) is 0 Å². The summed E-state index contributed by atoms with van der Waals surface area (Å²) in [6.45, 7) is 0.171. The van der Waals surface area contributed by atoms with Gasteiger partial charge in [0.25, 0.3) is 11.4 Å². The molecule has 4 aromatic rings. The largest absolute Gasteiger partial charge is 0.396 e. The number of carbonyl (C=O) groups excluding carboxylic acids is 7. The summed E-state index contributed by atoms with van der Waals surface area (Å²) in [5, 5.41) is 5.42. The van der Waals surface area contributed by atoms with E-state index in [0.29, 0.717) is 53.7 Å². The number of nitrogens with one attached hydrogen (secondary N) is 3. The van der Waals surface area contributed by atoms with E-state index in [-0.39, 0.29) is 66.5 Å². The minimum atomic E-state index is -5.05. The number of nitrogens with two attached hydrogens (primary N) is 1. The lowest BCUT2D eigenvalue weighted by atomic mass is 9.78. The van der Waals surface area contributed by atoms with Crippen molar-refractivity contribution in [3.63, 3.8) is 0 Å². The van der Waals surface area contributed by atoms with E-state index in [4.69, 9.17) is 5.73 Å². The number of piperidine rings is 1. The first-order valence-corrected chi connectivity index (χ1v) is 22.5. The van der Waals surface area contributed by atoms with E-state index in [1.54, 1.807) is 11.9 Å². The predicted molar refractivity (Wildman–Crippen MR) is 222 cm³/mol. The van der Waals surface area contributed by atoms with Gasteiger partial charge in [0.1, 0.15) is 23.8 Å². The quantitative estimate of drug-likeness (QED) is 0.0986. The van der Waals surface area contributed by atoms with Gasteiger partial charge < -0.3 is 35.6 Å². The smallest absolute Gasteiger partial charge is 0.368 e. The van der Waals surface area contributed by atoms with Crippen LogP contribution in [0.4, 0.5) is 0 Å². The number of benzene rings is 2. The van der Waals surface area contributed by atoms with E-state index >= 15 is 0 Å². The van der Waals surface area contributed by atoms with Crippen LogP contribution in [0.15, 0.2) is 47.3 Å². The monoisotopic (exact) mass is 872 g/mol. The molecule has 3 aliphatic heterocycles. The zero-order chi connectivity index (χ0) is 44.2. The summed E-state index contributed by atoms with van der Waals surface area (Å²) in [6.07, 6.45) is 6.17. The zero-order valence-corrected chi connectivity index (χ0v) is 35.0. The van der Waals surface area contributed by atoms with Crippen molar-refractivity contribution in [3.8, 4) is 0 Å². The summed E-state index contributed by atoms with van der Waals surface area (Å²) in [5.41, 5.74) is 6.58. The molecule has 7 N–H and O–H groups in total. The number of aryl methyl sites for hydroxylation is 1. The fourth-order valence-electron chi connectivity index (χ4n) is 9.89. The molecule has 1 saturated carbocycles. The molecule has 4 aliphatic rings. The van der Waals surface area contributed by atoms with E-state index < -0.39 is 54.9 Å². The van der Waals surface area contributed by atoms with E-state index in [2.05, 4.69) is 15.6 Å². The Bertz CT molecular complexity index is 2640. The molecule has 2 aromatic carbocycles. The zero-order valence-electron chi connectivity index (χ0n) is 34.1. The first kappa shape index (κ1) is 42.8. The Morgan fingerprint density at radius 2 is 1.63 bits per heavy atom. The number of nitrogens with zero attached hydrogens (tertiary/aromatic N) is 4. The van der Waals surface area contributed by atoms with Crippen LogP contribution in [0, 0.1) is 11.8 Å². The maximum atomic E-state index is 14.2. The molecule has 8 rings (SSSR count). The Kier molecular flexibility index (Phi) is 11.6. The van der Waals surface area contributed by atoms with Gasteiger partial charge in [0, 0.05) is 55.5 Å². The van der Waals surface area contributed by atoms with Crippen molar-refractivity contribution in [3.05, 3.63) is 69.8 Å². The summed E-state index contributed by atoms with van der Waals surface area (Å²) >= 11 is 0. The molecule has 0 bridgehead atoms. The Morgan fingerprint density at radius 3 is 2.34 bits per heavy atom. The number of aromatic amines is 1. The minimum Gasteiger partial charge on any atom is -0.368 e. The fraction of sp³-hybridized carbons (Fsp3) is 0.476. The number of imide groups is 1. The highest BCUT2D eigenvalue weighted by atomic mass is 31.2. The Labute approximate surface area is 354 Å². The topological polar surface area (TPSA) is 276 Å². The van der Waals surface area contributed by atoms with Crippen LogP contribution < -0.4 is 22.1 Å². The van der Waals surface area contributed by atoms with Crippen LogP contribution in [0.2, 0.25) is 0 Å². The molecule has 4 atom stereocenters. The summed E-state index contributed by atoms with van der Waals surface area (Å²) in [4.78, 5) is 129. The second-order valence-electron chi connectivity index (χ2n) is 17.2. The number of amides is 6. The molecule has 20 heteroatoms. The second-order valence-corrected chi connectivity index (χ2v) is 18.7. The van der Waals surface area contributed by atoms with Gasteiger partial charge in [-0.1, -0.05) is 6.07 Å². The van der Waals surface area contributed by atoms with E-state index in [9.17, 15) is 52.7 Å². The van der Waals surface area contributed by atoms with Crippen molar-refractivity contribution in [1.82, 2.24) is 34.6 Å². The van der Waals surface area contributed by atoms with Crippen molar-refractivity contribution in [2.24, 2.45) is 24.6 Å². The highest BCUT2D eigenvalue weighted by Gasteiger charge is 2.45. The number of hydrogen-bond donors (Lipinski definition) is 6. The van der Waals surface area contributed by atoms with Crippen LogP contribution in [0.25, 0.3) is 21.9 Å². The fourth-order valence-corrected chi connectivity index (χ4v) is 10.4. The van der Waals surface area contributed by atoms with Crippen LogP contribution in [0.5, 0.6) is 0 Å². The molecular weight excluding hydrogens is 823 g/mol. The molecule has 0 radical (unpaired) electrons. The lowest BCUT2D eigenvalue weighted by molar-refractivity contribution is -0.144. The first-order chi connectivity index (χ1) is 29.5. The molecule has 3 saturated heterocycles. The van der Waals surface area contributed by atoms with Crippen molar-refractivity contribution >= 4 is 70.5 Å². The maximum absolute atomic E-state index is 14.2. The molecular formula is C42H49N8O11P. The lowest BCUT2D eigenvalue weighted by Crippen LogP contribution is -2.61. The van der Waals surface area contributed by atoms with Crippen molar-refractivity contribution < 1.29 is 47.9 Å². The summed E-state index contributed by atoms with van der Waals surface area (Å²) in [6, 6.07) is 7.90. The number of rotatable bonds is 10. The van der Waals surface area contributed by atoms with Crippen LogP contribution >= 0.6 is 7.60 Å². The lowest BCUT2D eigenvalue weighted by Gasteiger charge is -2.39. The van der Waals surface area contributed by atoms with Crippen LogP contribution in [-0.4, -0.2) is 106 Å². The van der Waals surface area contributed by atoms with Crippen molar-refractivity contribution in [1.29, 1.82) is 0 Å². The number of hydrogen-bond acceptors (Lipinski definition) is 9. The molecule has 2 aromatic heterocycles. The third kappa shape index (κ3) is 8.35. The van der Waals surface area contributed by atoms with Crippen LogP contribution in [0.3, 0.4) is 0 Å². The summed E-state index contributed by atoms with van der Waals surface area (Å²) in [5.74, 6) is -2.40.